The summed E-state index contributed by atoms with van der Waals surface area (Å²) in [7, 11) is 2.14. The van der Waals surface area contributed by atoms with Gasteiger partial charge in [-0.3, -0.25) is 9.30 Å². The zero-order chi connectivity index (χ0) is 11.1. The number of aromatic nitrogens is 3. The summed E-state index contributed by atoms with van der Waals surface area (Å²) in [5, 5.41) is 0.516. The van der Waals surface area contributed by atoms with Gasteiger partial charge in [0.2, 0.25) is 0 Å². The summed E-state index contributed by atoms with van der Waals surface area (Å²) < 4.78 is 2.04. The third-order valence-corrected chi connectivity index (χ3v) is 3.55. The van der Waals surface area contributed by atoms with Gasteiger partial charge in [-0.25, -0.2) is 9.97 Å². The first-order valence-electron chi connectivity index (χ1n) is 5.45. The molecule has 1 fully saturated rings. The quantitative estimate of drug-likeness (QED) is 0.761. The van der Waals surface area contributed by atoms with Crippen LogP contribution in [-0.2, 0) is 0 Å². The van der Waals surface area contributed by atoms with E-state index < -0.39 is 0 Å². The molecule has 0 aromatic carbocycles. The first-order valence-corrected chi connectivity index (χ1v) is 5.83. The largest absolute Gasteiger partial charge is 0.298 e. The minimum atomic E-state index is 0.404. The molecule has 5 heteroatoms. The Morgan fingerprint density at radius 3 is 3.06 bits per heavy atom. The number of likely N-dealkylation sites (tertiary alicyclic amines) is 1. The summed E-state index contributed by atoms with van der Waals surface area (Å²) >= 11 is 6.03. The molecule has 3 rings (SSSR count). The first-order chi connectivity index (χ1) is 7.77. The summed E-state index contributed by atoms with van der Waals surface area (Å²) in [5.74, 6) is 1.07. The number of hydrogen-bond acceptors (Lipinski definition) is 3. The zero-order valence-corrected chi connectivity index (χ0v) is 9.85. The summed E-state index contributed by atoms with van der Waals surface area (Å²) in [5.41, 5.74) is 0.888. The number of fused-ring (bicyclic) bond motifs is 1. The smallest absolute Gasteiger partial charge is 0.154 e. The van der Waals surface area contributed by atoms with E-state index in [1.807, 2.05) is 10.6 Å². The molecule has 1 aliphatic rings. The van der Waals surface area contributed by atoms with Crippen LogP contribution in [0.5, 0.6) is 0 Å². The third-order valence-electron chi connectivity index (χ3n) is 3.26. The Balaban J connectivity index is 2.14. The van der Waals surface area contributed by atoms with Crippen molar-refractivity contribution in [2.75, 3.05) is 13.6 Å². The van der Waals surface area contributed by atoms with E-state index in [0.29, 0.717) is 11.2 Å². The van der Waals surface area contributed by atoms with Crippen molar-refractivity contribution >= 4 is 17.1 Å². The van der Waals surface area contributed by atoms with E-state index in [4.69, 9.17) is 11.6 Å². The van der Waals surface area contributed by atoms with Gasteiger partial charge in [-0.2, -0.15) is 0 Å². The number of rotatable bonds is 1. The highest BCUT2D eigenvalue weighted by Crippen LogP contribution is 2.30. The Morgan fingerprint density at radius 1 is 1.44 bits per heavy atom. The van der Waals surface area contributed by atoms with Crippen LogP contribution in [0.1, 0.15) is 24.7 Å². The second-order valence-corrected chi connectivity index (χ2v) is 4.59. The molecular weight excluding hydrogens is 224 g/mol. The zero-order valence-electron chi connectivity index (χ0n) is 9.10. The van der Waals surface area contributed by atoms with Crippen LogP contribution < -0.4 is 0 Å². The predicted molar refractivity (Wildman–Crippen MR) is 62.6 cm³/mol. The molecule has 0 aliphatic carbocycles. The van der Waals surface area contributed by atoms with E-state index in [2.05, 4.69) is 21.9 Å². The Bertz CT molecular complexity index is 522. The lowest BCUT2D eigenvalue weighted by Gasteiger charge is -2.18. The molecule has 0 saturated carbocycles. The van der Waals surface area contributed by atoms with E-state index in [0.717, 1.165) is 24.3 Å². The molecule has 1 atom stereocenters. The van der Waals surface area contributed by atoms with Gasteiger partial charge in [-0.05, 0) is 26.4 Å². The van der Waals surface area contributed by atoms with Gasteiger partial charge in [0.25, 0.3) is 0 Å². The number of halogens is 1. The molecule has 1 saturated heterocycles. The second kappa shape index (κ2) is 3.71. The van der Waals surface area contributed by atoms with Crippen LogP contribution in [0.2, 0.25) is 5.15 Å². The highest BCUT2D eigenvalue weighted by molar-refractivity contribution is 6.32. The molecule has 2 aromatic heterocycles. The van der Waals surface area contributed by atoms with Gasteiger partial charge in [0.15, 0.2) is 5.15 Å². The van der Waals surface area contributed by atoms with Crippen molar-refractivity contribution in [3.8, 4) is 0 Å². The van der Waals surface area contributed by atoms with Crippen LogP contribution in [0.3, 0.4) is 0 Å². The third kappa shape index (κ3) is 1.41. The molecule has 4 nitrogen and oxygen atoms in total. The van der Waals surface area contributed by atoms with E-state index in [9.17, 15) is 0 Å². The Morgan fingerprint density at radius 2 is 2.31 bits per heavy atom. The Labute approximate surface area is 98.9 Å². The lowest BCUT2D eigenvalue weighted by Crippen LogP contribution is -2.19. The molecule has 0 amide bonds. The highest BCUT2D eigenvalue weighted by atomic mass is 35.5. The molecule has 16 heavy (non-hydrogen) atoms. The summed E-state index contributed by atoms with van der Waals surface area (Å²) in [6.45, 7) is 1.14. The van der Waals surface area contributed by atoms with Crippen LogP contribution in [-0.4, -0.2) is 32.9 Å². The van der Waals surface area contributed by atoms with Crippen molar-refractivity contribution in [1.82, 2.24) is 19.3 Å². The predicted octanol–water partition coefficient (Wildman–Crippen LogP) is 2.15. The van der Waals surface area contributed by atoms with Crippen molar-refractivity contribution in [3.63, 3.8) is 0 Å². The maximum Gasteiger partial charge on any atom is 0.154 e. The maximum absolute atomic E-state index is 6.03. The van der Waals surface area contributed by atoms with Crippen molar-refractivity contribution in [2.24, 2.45) is 0 Å². The van der Waals surface area contributed by atoms with E-state index in [-0.39, 0.29) is 0 Å². The lowest BCUT2D eigenvalue weighted by molar-refractivity contribution is 0.305. The van der Waals surface area contributed by atoms with E-state index in [1.54, 1.807) is 12.4 Å². The van der Waals surface area contributed by atoms with Gasteiger partial charge in [0, 0.05) is 12.4 Å². The first kappa shape index (κ1) is 10.1. The molecule has 0 N–H and O–H groups in total. The molecule has 1 aliphatic heterocycles. The average Bonchev–Trinajstić information content (AvgIpc) is 2.84. The number of hydrogen-bond donors (Lipinski definition) is 0. The van der Waals surface area contributed by atoms with Gasteiger partial charge < -0.3 is 0 Å². The van der Waals surface area contributed by atoms with Gasteiger partial charge in [0.05, 0.1) is 12.2 Å². The molecule has 3 heterocycles. The van der Waals surface area contributed by atoms with E-state index in [1.165, 1.54) is 6.42 Å². The van der Waals surface area contributed by atoms with E-state index >= 15 is 0 Å². The molecule has 2 aromatic rings. The summed E-state index contributed by atoms with van der Waals surface area (Å²) in [4.78, 5) is 10.9. The van der Waals surface area contributed by atoms with Gasteiger partial charge in [0.1, 0.15) is 11.3 Å². The average molecular weight is 237 g/mol. The second-order valence-electron chi connectivity index (χ2n) is 4.23. The molecule has 0 spiro atoms. The summed E-state index contributed by atoms with van der Waals surface area (Å²) in [6.07, 6.45) is 7.84. The van der Waals surface area contributed by atoms with Crippen molar-refractivity contribution in [2.45, 2.75) is 18.9 Å². The van der Waals surface area contributed by atoms with Crippen molar-refractivity contribution < 1.29 is 0 Å². The Kier molecular flexibility index (Phi) is 2.33. The SMILES string of the molecule is CN1CCC[C@H]1c1ncc2c(Cl)nccn12. The lowest BCUT2D eigenvalue weighted by atomic mass is 10.2. The van der Waals surface area contributed by atoms with Crippen LogP contribution >= 0.6 is 11.6 Å². The maximum atomic E-state index is 6.03. The van der Waals surface area contributed by atoms with Crippen LogP contribution in [0.4, 0.5) is 0 Å². The number of nitrogens with zero attached hydrogens (tertiary/aromatic N) is 4. The highest BCUT2D eigenvalue weighted by Gasteiger charge is 2.26. The number of imidazole rings is 1. The monoisotopic (exact) mass is 236 g/mol. The Hall–Kier alpha value is -1.13. The van der Waals surface area contributed by atoms with Crippen LogP contribution in [0.15, 0.2) is 18.6 Å². The molecule has 0 radical (unpaired) electrons. The van der Waals surface area contributed by atoms with Gasteiger partial charge >= 0.3 is 0 Å². The fourth-order valence-electron chi connectivity index (χ4n) is 2.40. The van der Waals surface area contributed by atoms with Crippen LogP contribution in [0, 0.1) is 0 Å². The fraction of sp³-hybridized carbons (Fsp3) is 0.455. The van der Waals surface area contributed by atoms with Crippen molar-refractivity contribution in [3.05, 3.63) is 29.6 Å². The van der Waals surface area contributed by atoms with Gasteiger partial charge in [-0.15, -0.1) is 0 Å². The minimum Gasteiger partial charge on any atom is -0.298 e. The standard InChI is InChI=1S/C11H13ClN4/c1-15-5-2-3-8(15)11-14-7-9-10(12)13-4-6-16(9)11/h4,6-8H,2-3,5H2,1H3/t8-/m0/s1. The summed E-state index contributed by atoms with van der Waals surface area (Å²) in [6, 6.07) is 0.404. The van der Waals surface area contributed by atoms with Crippen molar-refractivity contribution in [1.29, 1.82) is 0 Å². The molecule has 0 bridgehead atoms. The molecule has 84 valence electrons. The molecular formula is C11H13ClN4. The fourth-order valence-corrected chi connectivity index (χ4v) is 2.60. The van der Waals surface area contributed by atoms with Crippen LogP contribution in [0.25, 0.3) is 5.52 Å². The van der Waals surface area contributed by atoms with Gasteiger partial charge in [-0.1, -0.05) is 11.6 Å². The molecule has 0 unspecified atom stereocenters. The normalized spacial score (nSPS) is 22.0. The minimum absolute atomic E-state index is 0.404. The topological polar surface area (TPSA) is 33.4 Å².